The van der Waals surface area contributed by atoms with Gasteiger partial charge >= 0.3 is 11.9 Å². The molecule has 21 heavy (non-hydrogen) atoms. The average molecular weight is 297 g/mol. The van der Waals surface area contributed by atoms with Gasteiger partial charge in [0.05, 0.1) is 5.56 Å². The van der Waals surface area contributed by atoms with Crippen LogP contribution in [-0.2, 0) is 12.7 Å². The number of hydrogen-bond acceptors (Lipinski definition) is 3. The van der Waals surface area contributed by atoms with Crippen molar-refractivity contribution in [2.24, 2.45) is 5.73 Å². The maximum atomic E-state index is 12.5. The summed E-state index contributed by atoms with van der Waals surface area (Å²) in [5.41, 5.74) is 6.09. The first kappa shape index (κ1) is 15.2. The van der Waals surface area contributed by atoms with Gasteiger partial charge in [0.2, 0.25) is 0 Å². The molecule has 0 bridgehead atoms. The second-order valence-corrected chi connectivity index (χ2v) is 4.79. The standard InChI is InChI=1S/C14H14F3N3O/c1-9-6-19-13(21)20(7-9)8-12(18)10-2-4-11(5-3-10)14(15,16)17/h2-7,12H,8,18H2,1H3. The largest absolute Gasteiger partial charge is 0.416 e. The van der Waals surface area contributed by atoms with Crippen molar-refractivity contribution in [3.63, 3.8) is 0 Å². The van der Waals surface area contributed by atoms with Crippen LogP contribution in [0.2, 0.25) is 0 Å². The van der Waals surface area contributed by atoms with E-state index in [9.17, 15) is 18.0 Å². The summed E-state index contributed by atoms with van der Waals surface area (Å²) >= 11 is 0. The summed E-state index contributed by atoms with van der Waals surface area (Å²) < 4.78 is 38.8. The Kier molecular flexibility index (Phi) is 4.13. The van der Waals surface area contributed by atoms with Crippen molar-refractivity contribution in [3.8, 4) is 0 Å². The van der Waals surface area contributed by atoms with E-state index in [1.807, 2.05) is 0 Å². The Morgan fingerprint density at radius 3 is 2.48 bits per heavy atom. The number of alkyl halides is 3. The van der Waals surface area contributed by atoms with Crippen molar-refractivity contribution >= 4 is 0 Å². The molecule has 2 N–H and O–H groups in total. The first-order valence-electron chi connectivity index (χ1n) is 6.23. The molecule has 2 rings (SSSR count). The molecule has 1 heterocycles. The number of nitrogens with zero attached hydrogens (tertiary/aromatic N) is 2. The molecule has 2 aromatic rings. The Labute approximate surface area is 119 Å². The predicted molar refractivity (Wildman–Crippen MR) is 71.6 cm³/mol. The van der Waals surface area contributed by atoms with Crippen molar-refractivity contribution < 1.29 is 13.2 Å². The maximum Gasteiger partial charge on any atom is 0.416 e. The van der Waals surface area contributed by atoms with Gasteiger partial charge in [0.25, 0.3) is 0 Å². The fourth-order valence-corrected chi connectivity index (χ4v) is 1.93. The zero-order valence-electron chi connectivity index (χ0n) is 11.3. The van der Waals surface area contributed by atoms with Gasteiger partial charge in [-0.3, -0.25) is 4.57 Å². The second-order valence-electron chi connectivity index (χ2n) is 4.79. The molecule has 0 aliphatic rings. The summed E-state index contributed by atoms with van der Waals surface area (Å²) in [6.07, 6.45) is -1.32. The van der Waals surface area contributed by atoms with E-state index < -0.39 is 23.5 Å². The highest BCUT2D eigenvalue weighted by Crippen LogP contribution is 2.29. The summed E-state index contributed by atoms with van der Waals surface area (Å²) in [4.78, 5) is 15.2. The summed E-state index contributed by atoms with van der Waals surface area (Å²) in [5.74, 6) is 0. The van der Waals surface area contributed by atoms with Gasteiger partial charge < -0.3 is 5.73 Å². The minimum Gasteiger partial charge on any atom is -0.322 e. The summed E-state index contributed by atoms with van der Waals surface area (Å²) in [7, 11) is 0. The molecule has 1 aromatic carbocycles. The number of halogens is 3. The molecule has 0 radical (unpaired) electrons. The summed E-state index contributed by atoms with van der Waals surface area (Å²) in [6, 6.07) is 4.01. The zero-order valence-corrected chi connectivity index (χ0v) is 11.3. The van der Waals surface area contributed by atoms with Crippen LogP contribution in [0.25, 0.3) is 0 Å². The first-order chi connectivity index (χ1) is 9.77. The third kappa shape index (κ3) is 3.69. The van der Waals surface area contributed by atoms with E-state index in [2.05, 4.69) is 4.98 Å². The van der Waals surface area contributed by atoms with Crippen molar-refractivity contribution in [2.45, 2.75) is 25.7 Å². The number of benzene rings is 1. The molecule has 1 unspecified atom stereocenters. The normalized spacial score (nSPS) is 13.2. The van der Waals surface area contributed by atoms with Gasteiger partial charge in [0.15, 0.2) is 0 Å². The lowest BCUT2D eigenvalue weighted by molar-refractivity contribution is -0.137. The monoisotopic (exact) mass is 297 g/mol. The number of aromatic nitrogens is 2. The Morgan fingerprint density at radius 1 is 1.29 bits per heavy atom. The van der Waals surface area contributed by atoms with E-state index in [1.54, 1.807) is 13.1 Å². The van der Waals surface area contributed by atoms with Crippen LogP contribution < -0.4 is 11.4 Å². The van der Waals surface area contributed by atoms with Crippen LogP contribution in [0.3, 0.4) is 0 Å². The molecule has 4 nitrogen and oxygen atoms in total. The van der Waals surface area contributed by atoms with Gasteiger partial charge in [-0.15, -0.1) is 0 Å². The van der Waals surface area contributed by atoms with Gasteiger partial charge in [-0.05, 0) is 30.2 Å². The Balaban J connectivity index is 2.19. The SMILES string of the molecule is Cc1cnc(=O)n(CC(N)c2ccc(C(F)(F)F)cc2)c1. The van der Waals surface area contributed by atoms with Gasteiger partial charge in [0.1, 0.15) is 0 Å². The smallest absolute Gasteiger partial charge is 0.322 e. The van der Waals surface area contributed by atoms with Crippen LogP contribution in [0.15, 0.2) is 41.5 Å². The Morgan fingerprint density at radius 2 is 1.90 bits per heavy atom. The molecular formula is C14H14F3N3O. The van der Waals surface area contributed by atoms with Crippen molar-refractivity contribution in [3.05, 3.63) is 63.8 Å². The van der Waals surface area contributed by atoms with Crippen molar-refractivity contribution in [2.75, 3.05) is 0 Å². The molecule has 0 saturated heterocycles. The highest BCUT2D eigenvalue weighted by atomic mass is 19.4. The van der Waals surface area contributed by atoms with E-state index in [4.69, 9.17) is 5.73 Å². The molecule has 112 valence electrons. The lowest BCUT2D eigenvalue weighted by atomic mass is 10.1. The third-order valence-electron chi connectivity index (χ3n) is 3.04. The first-order valence-corrected chi connectivity index (χ1v) is 6.23. The summed E-state index contributed by atoms with van der Waals surface area (Å²) in [6.45, 7) is 1.94. The van der Waals surface area contributed by atoms with Gasteiger partial charge in [-0.25, -0.2) is 9.78 Å². The van der Waals surface area contributed by atoms with E-state index in [0.29, 0.717) is 5.56 Å². The van der Waals surface area contributed by atoms with E-state index >= 15 is 0 Å². The lowest BCUT2D eigenvalue weighted by Gasteiger charge is -2.15. The minimum absolute atomic E-state index is 0.152. The highest BCUT2D eigenvalue weighted by Gasteiger charge is 2.30. The fourth-order valence-electron chi connectivity index (χ4n) is 1.93. The zero-order chi connectivity index (χ0) is 15.6. The quantitative estimate of drug-likeness (QED) is 0.945. The molecule has 0 aliphatic carbocycles. The van der Waals surface area contributed by atoms with Gasteiger partial charge in [-0.1, -0.05) is 12.1 Å². The van der Waals surface area contributed by atoms with E-state index in [0.717, 1.165) is 17.7 Å². The number of rotatable bonds is 3. The van der Waals surface area contributed by atoms with Crippen LogP contribution in [0.5, 0.6) is 0 Å². The van der Waals surface area contributed by atoms with E-state index in [1.165, 1.54) is 22.9 Å². The van der Waals surface area contributed by atoms with Crippen LogP contribution in [0.1, 0.15) is 22.7 Å². The number of nitrogens with two attached hydrogens (primary N) is 1. The highest BCUT2D eigenvalue weighted by molar-refractivity contribution is 5.26. The fraction of sp³-hybridized carbons (Fsp3) is 0.286. The molecular weight excluding hydrogens is 283 g/mol. The molecule has 0 saturated carbocycles. The minimum atomic E-state index is -4.37. The molecule has 0 spiro atoms. The molecule has 7 heteroatoms. The van der Waals surface area contributed by atoms with Crippen LogP contribution in [-0.4, -0.2) is 9.55 Å². The number of hydrogen-bond donors (Lipinski definition) is 1. The van der Waals surface area contributed by atoms with Crippen LogP contribution in [0, 0.1) is 6.92 Å². The Hall–Kier alpha value is -2.15. The van der Waals surface area contributed by atoms with Crippen molar-refractivity contribution in [1.82, 2.24) is 9.55 Å². The van der Waals surface area contributed by atoms with Gasteiger partial charge in [-0.2, -0.15) is 13.2 Å². The predicted octanol–water partition coefficient (Wildman–Crippen LogP) is 2.27. The summed E-state index contributed by atoms with van der Waals surface area (Å²) in [5, 5.41) is 0. The average Bonchev–Trinajstić information content (AvgIpc) is 2.42. The van der Waals surface area contributed by atoms with E-state index in [-0.39, 0.29) is 6.54 Å². The maximum absolute atomic E-state index is 12.5. The Bertz CT molecular complexity index is 677. The van der Waals surface area contributed by atoms with Crippen LogP contribution >= 0.6 is 0 Å². The second kappa shape index (κ2) is 5.69. The third-order valence-corrected chi connectivity index (χ3v) is 3.04. The topological polar surface area (TPSA) is 60.9 Å². The molecule has 1 aromatic heterocycles. The van der Waals surface area contributed by atoms with Crippen LogP contribution in [0.4, 0.5) is 13.2 Å². The lowest BCUT2D eigenvalue weighted by Crippen LogP contribution is -2.28. The van der Waals surface area contributed by atoms with Gasteiger partial charge in [0, 0.05) is 25.0 Å². The molecule has 0 aliphatic heterocycles. The number of aryl methyl sites for hydroxylation is 1. The molecule has 1 atom stereocenters. The molecule has 0 amide bonds. The van der Waals surface area contributed by atoms with Crippen molar-refractivity contribution in [1.29, 1.82) is 0 Å². The molecule has 0 fully saturated rings.